The number of halogens is 3. The van der Waals surface area contributed by atoms with Gasteiger partial charge in [-0.25, -0.2) is 9.18 Å². The summed E-state index contributed by atoms with van der Waals surface area (Å²) in [6, 6.07) is 10.6. The van der Waals surface area contributed by atoms with E-state index in [1.54, 1.807) is 25.2 Å². The van der Waals surface area contributed by atoms with Gasteiger partial charge in [-0.3, -0.25) is 18.5 Å². The molecule has 0 saturated heterocycles. The van der Waals surface area contributed by atoms with Gasteiger partial charge in [0.2, 0.25) is 0 Å². The second-order valence-corrected chi connectivity index (χ2v) is 8.10. The number of nitrogens with zero attached hydrogens (tertiary/aromatic N) is 4. The number of hydrogen-bond acceptors (Lipinski definition) is 5. The normalized spacial score (nSPS) is 11.2. The van der Waals surface area contributed by atoms with Crippen LogP contribution in [0.2, 0.25) is 10.0 Å². The summed E-state index contributed by atoms with van der Waals surface area (Å²) in [6.07, 6.45) is 0. The number of imidazole rings is 1. The highest BCUT2D eigenvalue weighted by Gasteiger charge is 2.19. The number of benzene rings is 2. The van der Waals surface area contributed by atoms with Crippen molar-refractivity contribution in [2.75, 3.05) is 13.2 Å². The van der Waals surface area contributed by atoms with Gasteiger partial charge in [0.15, 0.2) is 11.2 Å². The Hall–Kier alpha value is -3.30. The van der Waals surface area contributed by atoms with Gasteiger partial charge < -0.3 is 9.47 Å². The number of aryl methyl sites for hydroxylation is 2. The molecule has 33 heavy (non-hydrogen) atoms. The Morgan fingerprint density at radius 1 is 0.970 bits per heavy atom. The molecule has 0 fully saturated rings. The summed E-state index contributed by atoms with van der Waals surface area (Å²) in [5.74, 6) is 0.0611. The van der Waals surface area contributed by atoms with Gasteiger partial charge in [-0.15, -0.1) is 0 Å². The van der Waals surface area contributed by atoms with Crippen molar-refractivity contribution < 1.29 is 13.9 Å². The lowest BCUT2D eigenvalue weighted by atomic mass is 10.2. The molecule has 2 heterocycles. The average Bonchev–Trinajstić information content (AvgIpc) is 3.11. The van der Waals surface area contributed by atoms with Crippen molar-refractivity contribution >= 4 is 34.4 Å². The lowest BCUT2D eigenvalue weighted by Gasteiger charge is -2.09. The Morgan fingerprint density at radius 3 is 2.36 bits per heavy atom. The maximum Gasteiger partial charge on any atom is 0.332 e. The Morgan fingerprint density at radius 2 is 1.67 bits per heavy atom. The highest BCUT2D eigenvalue weighted by molar-refractivity contribution is 6.35. The molecule has 2 aromatic heterocycles. The van der Waals surface area contributed by atoms with E-state index < -0.39 is 17.1 Å². The minimum atomic E-state index is -0.540. The molecule has 4 aromatic rings. The van der Waals surface area contributed by atoms with Gasteiger partial charge >= 0.3 is 5.69 Å². The molecule has 0 aliphatic carbocycles. The third-order valence-corrected chi connectivity index (χ3v) is 5.57. The van der Waals surface area contributed by atoms with Crippen molar-refractivity contribution in [3.63, 3.8) is 0 Å². The Balaban J connectivity index is 1.56. The van der Waals surface area contributed by atoms with E-state index in [0.29, 0.717) is 21.4 Å². The first kappa shape index (κ1) is 22.9. The lowest BCUT2D eigenvalue weighted by Crippen LogP contribution is -2.39. The van der Waals surface area contributed by atoms with Crippen LogP contribution in [0.5, 0.6) is 11.8 Å². The van der Waals surface area contributed by atoms with E-state index in [2.05, 4.69) is 4.98 Å². The van der Waals surface area contributed by atoms with E-state index in [9.17, 15) is 14.0 Å². The van der Waals surface area contributed by atoms with Crippen LogP contribution < -0.4 is 20.7 Å². The van der Waals surface area contributed by atoms with Crippen molar-refractivity contribution in [3.8, 4) is 11.8 Å². The number of fused-ring (bicyclic) bond motifs is 1. The zero-order chi connectivity index (χ0) is 23.7. The van der Waals surface area contributed by atoms with Gasteiger partial charge in [0.1, 0.15) is 24.8 Å². The topological polar surface area (TPSA) is 80.3 Å². The SMILES string of the molecule is Cn1c(OCCOc2ccc(Cl)cc2Cl)nc2c1c(=O)n(Cc1ccc(F)cc1)c(=O)n2C. The Bertz CT molecular complexity index is 1440. The zero-order valence-electron chi connectivity index (χ0n) is 17.7. The van der Waals surface area contributed by atoms with Gasteiger partial charge in [-0.1, -0.05) is 35.3 Å². The first-order valence-corrected chi connectivity index (χ1v) is 10.6. The quantitative estimate of drug-likeness (QED) is 0.369. The summed E-state index contributed by atoms with van der Waals surface area (Å²) in [5, 5.41) is 0.876. The van der Waals surface area contributed by atoms with Gasteiger partial charge in [0.25, 0.3) is 11.6 Å². The maximum atomic E-state index is 13.2. The largest absolute Gasteiger partial charge is 0.488 e. The molecule has 0 saturated carbocycles. The molecule has 8 nitrogen and oxygen atoms in total. The molecule has 0 aliphatic rings. The molecule has 2 aromatic carbocycles. The van der Waals surface area contributed by atoms with Crippen molar-refractivity contribution in [1.29, 1.82) is 0 Å². The highest BCUT2D eigenvalue weighted by atomic mass is 35.5. The molecule has 172 valence electrons. The molecule has 4 rings (SSSR count). The van der Waals surface area contributed by atoms with Gasteiger partial charge in [-0.05, 0) is 35.9 Å². The molecule has 0 aliphatic heterocycles. The minimum Gasteiger partial charge on any atom is -0.488 e. The fraction of sp³-hybridized carbons (Fsp3) is 0.227. The van der Waals surface area contributed by atoms with Crippen molar-refractivity contribution in [3.05, 3.63) is 84.7 Å². The zero-order valence-corrected chi connectivity index (χ0v) is 19.2. The van der Waals surface area contributed by atoms with E-state index >= 15 is 0 Å². The average molecular weight is 493 g/mol. The van der Waals surface area contributed by atoms with Gasteiger partial charge in [-0.2, -0.15) is 4.98 Å². The van der Waals surface area contributed by atoms with Gasteiger partial charge in [0, 0.05) is 19.1 Å². The summed E-state index contributed by atoms with van der Waals surface area (Å²) in [6.45, 7) is 0.283. The summed E-state index contributed by atoms with van der Waals surface area (Å²) in [7, 11) is 3.14. The van der Waals surface area contributed by atoms with Crippen LogP contribution in [0.25, 0.3) is 11.2 Å². The van der Waals surface area contributed by atoms with Crippen molar-refractivity contribution in [2.45, 2.75) is 6.54 Å². The molecule has 0 radical (unpaired) electrons. The number of rotatable bonds is 7. The maximum absolute atomic E-state index is 13.2. The van der Waals surface area contributed by atoms with Crippen LogP contribution in [0.15, 0.2) is 52.1 Å². The predicted octanol–water partition coefficient (Wildman–Crippen LogP) is 3.39. The molecular formula is C22H19Cl2FN4O4. The molecule has 0 spiro atoms. The fourth-order valence-corrected chi connectivity index (χ4v) is 3.80. The van der Waals surface area contributed by atoms with Crippen LogP contribution in [0, 0.1) is 5.82 Å². The number of hydrogen-bond donors (Lipinski definition) is 0. The molecule has 0 amide bonds. The first-order valence-electron chi connectivity index (χ1n) is 9.87. The molecule has 0 N–H and O–H groups in total. The Kier molecular flexibility index (Phi) is 6.44. The first-order chi connectivity index (χ1) is 15.8. The Labute approximate surface area is 197 Å². The van der Waals surface area contributed by atoms with Crippen LogP contribution in [0.4, 0.5) is 4.39 Å². The van der Waals surface area contributed by atoms with Crippen LogP contribution >= 0.6 is 23.2 Å². The lowest BCUT2D eigenvalue weighted by molar-refractivity contribution is 0.203. The summed E-state index contributed by atoms with van der Waals surface area (Å²) in [5.41, 5.74) is -0.0457. The van der Waals surface area contributed by atoms with Crippen LogP contribution in [0.3, 0.4) is 0 Å². The third kappa shape index (κ3) is 4.60. The fourth-order valence-electron chi connectivity index (χ4n) is 3.34. The summed E-state index contributed by atoms with van der Waals surface area (Å²) >= 11 is 12.0. The standard InChI is InChI=1S/C22H19Cl2FN4O4/c1-27-18-19(26-21(27)33-10-9-32-17-8-5-14(23)11-16(17)24)28(2)22(31)29(20(18)30)12-13-3-6-15(25)7-4-13/h3-8,11H,9-10,12H2,1-2H3. The highest BCUT2D eigenvalue weighted by Crippen LogP contribution is 2.27. The van der Waals surface area contributed by atoms with Gasteiger partial charge in [0.05, 0.1) is 11.6 Å². The third-order valence-electron chi connectivity index (χ3n) is 5.04. The minimum absolute atomic E-state index is 0.00120. The molecule has 0 bridgehead atoms. The summed E-state index contributed by atoms with van der Waals surface area (Å²) in [4.78, 5) is 30.2. The summed E-state index contributed by atoms with van der Waals surface area (Å²) < 4.78 is 28.3. The van der Waals surface area contributed by atoms with Crippen molar-refractivity contribution in [1.82, 2.24) is 18.7 Å². The van der Waals surface area contributed by atoms with E-state index in [1.165, 1.54) is 40.4 Å². The smallest absolute Gasteiger partial charge is 0.332 e. The molecule has 0 unspecified atom stereocenters. The number of ether oxygens (including phenoxy) is 2. The molecule has 0 atom stereocenters. The van der Waals surface area contributed by atoms with E-state index in [0.717, 1.165) is 4.57 Å². The molecule has 11 heteroatoms. The second-order valence-electron chi connectivity index (χ2n) is 7.26. The number of aromatic nitrogens is 4. The van der Waals surface area contributed by atoms with E-state index in [-0.39, 0.29) is 36.9 Å². The van der Waals surface area contributed by atoms with E-state index in [1.807, 2.05) is 0 Å². The van der Waals surface area contributed by atoms with Crippen LogP contribution in [-0.2, 0) is 20.6 Å². The van der Waals surface area contributed by atoms with Crippen molar-refractivity contribution in [2.24, 2.45) is 14.1 Å². The van der Waals surface area contributed by atoms with E-state index in [4.69, 9.17) is 32.7 Å². The predicted molar refractivity (Wildman–Crippen MR) is 123 cm³/mol. The monoisotopic (exact) mass is 492 g/mol. The second kappa shape index (κ2) is 9.29. The molecular weight excluding hydrogens is 474 g/mol. The van der Waals surface area contributed by atoms with Crippen LogP contribution in [0.1, 0.15) is 5.56 Å². The van der Waals surface area contributed by atoms with Crippen LogP contribution in [-0.4, -0.2) is 31.9 Å².